The summed E-state index contributed by atoms with van der Waals surface area (Å²) in [4.78, 5) is 35.6. The van der Waals surface area contributed by atoms with E-state index in [1.54, 1.807) is 35.5 Å². The molecule has 1 fully saturated rings. The van der Waals surface area contributed by atoms with Gasteiger partial charge in [-0.15, -0.1) is 11.3 Å². The van der Waals surface area contributed by atoms with Gasteiger partial charge in [0.05, 0.1) is 32.4 Å². The lowest BCUT2D eigenvalue weighted by Crippen LogP contribution is -2.47. The third kappa shape index (κ3) is 7.64. The van der Waals surface area contributed by atoms with Crippen molar-refractivity contribution in [3.8, 4) is 5.75 Å². The van der Waals surface area contributed by atoms with E-state index < -0.39 is 0 Å². The molecule has 0 spiro atoms. The van der Waals surface area contributed by atoms with Crippen molar-refractivity contribution in [1.82, 2.24) is 14.7 Å². The lowest BCUT2D eigenvalue weighted by Gasteiger charge is -2.31. The Labute approximate surface area is 223 Å². The second-order valence-electron chi connectivity index (χ2n) is 9.13. The molecule has 1 saturated heterocycles. The summed E-state index contributed by atoms with van der Waals surface area (Å²) in [5.41, 5.74) is 1.52. The molecular weight excluding hydrogens is 486 g/mol. The van der Waals surface area contributed by atoms with Gasteiger partial charge in [-0.05, 0) is 36.8 Å². The number of ether oxygens (including phenoxy) is 2. The van der Waals surface area contributed by atoms with Gasteiger partial charge in [0.15, 0.2) is 0 Å². The van der Waals surface area contributed by atoms with E-state index in [-0.39, 0.29) is 18.4 Å². The zero-order valence-electron chi connectivity index (χ0n) is 21.6. The molecule has 0 radical (unpaired) electrons. The van der Waals surface area contributed by atoms with Crippen molar-refractivity contribution in [2.45, 2.75) is 20.0 Å². The van der Waals surface area contributed by atoms with E-state index in [9.17, 15) is 9.59 Å². The van der Waals surface area contributed by atoms with Gasteiger partial charge >= 0.3 is 0 Å². The van der Waals surface area contributed by atoms with E-state index in [1.165, 1.54) is 4.88 Å². The molecule has 37 heavy (non-hydrogen) atoms. The number of para-hydroxylation sites is 1. The number of benzene rings is 2. The largest absolute Gasteiger partial charge is 0.496 e. The molecule has 0 aliphatic carbocycles. The van der Waals surface area contributed by atoms with Crippen LogP contribution in [0.3, 0.4) is 0 Å². The maximum absolute atomic E-state index is 13.8. The van der Waals surface area contributed by atoms with Crippen molar-refractivity contribution >= 4 is 23.2 Å². The topological polar surface area (TPSA) is 62.3 Å². The third-order valence-electron chi connectivity index (χ3n) is 6.45. The van der Waals surface area contributed by atoms with Crippen LogP contribution in [0, 0.1) is 6.92 Å². The number of morpholine rings is 1. The lowest BCUT2D eigenvalue weighted by atomic mass is 10.1. The van der Waals surface area contributed by atoms with E-state index in [0.717, 1.165) is 23.5 Å². The zero-order chi connectivity index (χ0) is 26.0. The molecule has 8 heteroatoms. The van der Waals surface area contributed by atoms with Crippen molar-refractivity contribution in [3.05, 3.63) is 87.6 Å². The predicted octanol–water partition coefficient (Wildman–Crippen LogP) is 4.07. The van der Waals surface area contributed by atoms with Gasteiger partial charge in [-0.2, -0.15) is 0 Å². The van der Waals surface area contributed by atoms with Crippen LogP contribution in [0.1, 0.15) is 25.7 Å². The summed E-state index contributed by atoms with van der Waals surface area (Å²) in [6.07, 6.45) is 0. The van der Waals surface area contributed by atoms with E-state index in [0.29, 0.717) is 50.7 Å². The van der Waals surface area contributed by atoms with Gasteiger partial charge < -0.3 is 19.3 Å². The first kappa shape index (κ1) is 26.9. The fraction of sp³-hybridized carbons (Fsp3) is 0.379. The molecule has 2 heterocycles. The highest BCUT2D eigenvalue weighted by atomic mass is 32.1. The fourth-order valence-corrected chi connectivity index (χ4v) is 5.29. The Hall–Kier alpha value is -3.20. The quantitative estimate of drug-likeness (QED) is 0.381. The standard InChI is InChI=1S/C29H35N3O4S/c1-23-12-13-25(37-23)21-32(20-24-8-4-3-5-9-24)28(33)22-31(15-14-30-16-18-36-19-17-30)29(34)26-10-6-7-11-27(26)35-2/h3-13H,14-22H2,1-2H3. The molecule has 0 atom stereocenters. The number of amides is 2. The van der Waals surface area contributed by atoms with Crippen molar-refractivity contribution in [2.75, 3.05) is 53.0 Å². The monoisotopic (exact) mass is 521 g/mol. The average molecular weight is 522 g/mol. The molecule has 4 rings (SSSR count). The molecule has 1 aromatic heterocycles. The molecule has 1 aliphatic rings. The molecule has 7 nitrogen and oxygen atoms in total. The average Bonchev–Trinajstić information content (AvgIpc) is 3.35. The minimum Gasteiger partial charge on any atom is -0.496 e. The van der Waals surface area contributed by atoms with Crippen LogP contribution >= 0.6 is 11.3 Å². The molecule has 0 saturated carbocycles. The van der Waals surface area contributed by atoms with Gasteiger partial charge in [-0.1, -0.05) is 42.5 Å². The number of carbonyl (C=O) groups is 2. The first-order chi connectivity index (χ1) is 18.0. The number of hydrogen-bond donors (Lipinski definition) is 0. The number of aryl methyl sites for hydroxylation is 1. The summed E-state index contributed by atoms with van der Waals surface area (Å²) in [5.74, 6) is 0.220. The van der Waals surface area contributed by atoms with Crippen LogP contribution in [-0.2, 0) is 22.6 Å². The Morgan fingerprint density at radius 2 is 1.68 bits per heavy atom. The van der Waals surface area contributed by atoms with E-state index in [1.807, 2.05) is 47.4 Å². The Morgan fingerprint density at radius 3 is 2.38 bits per heavy atom. The Balaban J connectivity index is 1.55. The molecule has 2 amide bonds. The first-order valence-electron chi connectivity index (χ1n) is 12.6. The van der Waals surface area contributed by atoms with Crippen molar-refractivity contribution < 1.29 is 19.1 Å². The molecule has 196 valence electrons. The Kier molecular flexibility index (Phi) is 9.71. The summed E-state index contributed by atoms with van der Waals surface area (Å²) in [6, 6.07) is 21.3. The predicted molar refractivity (Wildman–Crippen MR) is 146 cm³/mol. The van der Waals surface area contributed by atoms with Gasteiger partial charge in [0.25, 0.3) is 5.91 Å². The summed E-state index contributed by atoms with van der Waals surface area (Å²) < 4.78 is 10.9. The highest BCUT2D eigenvalue weighted by Crippen LogP contribution is 2.21. The lowest BCUT2D eigenvalue weighted by molar-refractivity contribution is -0.133. The highest BCUT2D eigenvalue weighted by Gasteiger charge is 2.26. The van der Waals surface area contributed by atoms with Gasteiger partial charge in [-0.25, -0.2) is 0 Å². The second-order valence-corrected chi connectivity index (χ2v) is 10.5. The maximum atomic E-state index is 13.8. The normalized spacial score (nSPS) is 13.8. The molecule has 1 aliphatic heterocycles. The van der Waals surface area contributed by atoms with E-state index in [4.69, 9.17) is 9.47 Å². The van der Waals surface area contributed by atoms with Crippen LogP contribution in [0.25, 0.3) is 0 Å². The second kappa shape index (κ2) is 13.4. The van der Waals surface area contributed by atoms with Crippen LogP contribution in [-0.4, -0.2) is 79.6 Å². The van der Waals surface area contributed by atoms with Crippen molar-refractivity contribution in [3.63, 3.8) is 0 Å². The molecule has 0 unspecified atom stereocenters. The van der Waals surface area contributed by atoms with Gasteiger partial charge in [0.1, 0.15) is 12.3 Å². The number of nitrogens with zero attached hydrogens (tertiary/aromatic N) is 3. The third-order valence-corrected chi connectivity index (χ3v) is 7.44. The number of thiophene rings is 1. The Morgan fingerprint density at radius 1 is 0.946 bits per heavy atom. The van der Waals surface area contributed by atoms with E-state index in [2.05, 4.69) is 24.0 Å². The summed E-state index contributed by atoms with van der Waals surface area (Å²) in [5, 5.41) is 0. The smallest absolute Gasteiger partial charge is 0.258 e. The van der Waals surface area contributed by atoms with Crippen LogP contribution in [0.2, 0.25) is 0 Å². The van der Waals surface area contributed by atoms with Crippen LogP contribution < -0.4 is 4.74 Å². The Bertz CT molecular complexity index is 1160. The molecule has 0 N–H and O–H groups in total. The van der Waals surface area contributed by atoms with Crippen molar-refractivity contribution in [2.24, 2.45) is 0 Å². The van der Waals surface area contributed by atoms with Crippen LogP contribution in [0.15, 0.2) is 66.7 Å². The number of rotatable bonds is 11. The SMILES string of the molecule is COc1ccccc1C(=O)N(CCN1CCOCC1)CC(=O)N(Cc1ccccc1)Cc1ccc(C)s1. The molecule has 0 bridgehead atoms. The van der Waals surface area contributed by atoms with Crippen molar-refractivity contribution in [1.29, 1.82) is 0 Å². The van der Waals surface area contributed by atoms with Gasteiger partial charge in [0.2, 0.25) is 5.91 Å². The summed E-state index contributed by atoms with van der Waals surface area (Å²) in [7, 11) is 1.56. The minimum atomic E-state index is -0.203. The van der Waals surface area contributed by atoms with Gasteiger partial charge in [-0.3, -0.25) is 14.5 Å². The first-order valence-corrected chi connectivity index (χ1v) is 13.4. The maximum Gasteiger partial charge on any atom is 0.258 e. The molecule has 3 aromatic rings. The van der Waals surface area contributed by atoms with E-state index >= 15 is 0 Å². The van der Waals surface area contributed by atoms with Crippen LogP contribution in [0.4, 0.5) is 0 Å². The number of hydrogen-bond acceptors (Lipinski definition) is 6. The number of carbonyl (C=O) groups excluding carboxylic acids is 2. The summed E-state index contributed by atoms with van der Waals surface area (Å²) in [6.45, 7) is 7.19. The van der Waals surface area contributed by atoms with Crippen LogP contribution in [0.5, 0.6) is 5.75 Å². The minimum absolute atomic E-state index is 0.00157. The molecule has 2 aromatic carbocycles. The fourth-order valence-electron chi connectivity index (χ4n) is 4.39. The zero-order valence-corrected chi connectivity index (χ0v) is 22.4. The number of methoxy groups -OCH3 is 1. The molecular formula is C29H35N3O4S. The highest BCUT2D eigenvalue weighted by molar-refractivity contribution is 7.11. The summed E-state index contributed by atoms with van der Waals surface area (Å²) >= 11 is 1.69. The van der Waals surface area contributed by atoms with Gasteiger partial charge in [0, 0.05) is 42.5 Å².